The fraction of sp³-hybridized carbons (Fsp3) is 0.500. The zero-order valence-corrected chi connectivity index (χ0v) is 22.8. The predicted molar refractivity (Wildman–Crippen MR) is 145 cm³/mol. The van der Waals surface area contributed by atoms with Gasteiger partial charge in [0.05, 0.1) is 25.8 Å². The Balaban J connectivity index is 1.52. The number of carbonyl (C=O) groups excluding carboxylic acids is 2. The van der Waals surface area contributed by atoms with Crippen LogP contribution in [0.25, 0.3) is 0 Å². The number of urea groups is 1. The number of amides is 3. The van der Waals surface area contributed by atoms with Crippen LogP contribution in [0.15, 0.2) is 18.3 Å². The lowest BCUT2D eigenvalue weighted by Crippen LogP contribution is -2.48. The molecule has 1 fully saturated rings. The van der Waals surface area contributed by atoms with Crippen molar-refractivity contribution in [2.75, 3.05) is 62.6 Å². The van der Waals surface area contributed by atoms with E-state index in [4.69, 9.17) is 4.74 Å². The van der Waals surface area contributed by atoms with E-state index < -0.39 is 10.8 Å². The number of anilines is 2. The minimum atomic E-state index is -0.910. The molecule has 38 heavy (non-hydrogen) atoms. The zero-order valence-electron chi connectivity index (χ0n) is 22.0. The maximum Gasteiger partial charge on any atom is 0.328 e. The molecule has 1 atom stereocenters. The molecule has 12 heteroatoms. The number of nitriles is 1. The average Bonchev–Trinajstić information content (AvgIpc) is 2.89. The summed E-state index contributed by atoms with van der Waals surface area (Å²) in [5, 5.41) is 12.3. The van der Waals surface area contributed by atoms with Gasteiger partial charge in [-0.05, 0) is 56.0 Å². The zero-order chi connectivity index (χ0) is 27.2. The summed E-state index contributed by atoms with van der Waals surface area (Å²) in [4.78, 5) is 40.1. The second-order valence-corrected chi connectivity index (χ2v) is 11.2. The highest BCUT2D eigenvalue weighted by Crippen LogP contribution is 2.32. The monoisotopic (exact) mass is 539 g/mol. The molecule has 0 bridgehead atoms. The molecular formula is C26H33N7O4S. The van der Waals surface area contributed by atoms with Gasteiger partial charge in [0, 0.05) is 54.2 Å². The van der Waals surface area contributed by atoms with E-state index in [1.165, 1.54) is 13.3 Å². The quantitative estimate of drug-likeness (QED) is 0.538. The molecular weight excluding hydrogens is 506 g/mol. The smallest absolute Gasteiger partial charge is 0.328 e. The van der Waals surface area contributed by atoms with E-state index >= 15 is 0 Å². The van der Waals surface area contributed by atoms with Gasteiger partial charge in [0.2, 0.25) is 11.8 Å². The molecule has 4 heterocycles. The summed E-state index contributed by atoms with van der Waals surface area (Å²) in [7, 11) is 2.56. The Kier molecular flexibility index (Phi) is 8.91. The van der Waals surface area contributed by atoms with Crippen molar-refractivity contribution < 1.29 is 18.5 Å². The molecule has 1 N–H and O–H groups in total. The lowest BCUT2D eigenvalue weighted by Gasteiger charge is -2.33. The number of nitrogens with zero attached hydrogens (tertiary/aromatic N) is 6. The Morgan fingerprint density at radius 2 is 2.08 bits per heavy atom. The fourth-order valence-electron chi connectivity index (χ4n) is 4.73. The number of carbonyl (C=O) groups is 2. The summed E-state index contributed by atoms with van der Waals surface area (Å²) in [5.41, 5.74) is 2.93. The number of hydrogen-bond donors (Lipinski definition) is 1. The summed E-state index contributed by atoms with van der Waals surface area (Å²) >= 11 is 0. The van der Waals surface area contributed by atoms with Crippen LogP contribution in [0, 0.1) is 11.3 Å². The van der Waals surface area contributed by atoms with Crippen LogP contribution in [0.2, 0.25) is 0 Å². The van der Waals surface area contributed by atoms with Gasteiger partial charge in [-0.15, -0.1) is 0 Å². The van der Waals surface area contributed by atoms with Crippen molar-refractivity contribution in [1.82, 2.24) is 19.8 Å². The van der Waals surface area contributed by atoms with Gasteiger partial charge in [-0.2, -0.15) is 10.2 Å². The van der Waals surface area contributed by atoms with Gasteiger partial charge in [-0.25, -0.2) is 9.78 Å². The second kappa shape index (κ2) is 12.3. The molecule has 2 aromatic rings. The van der Waals surface area contributed by atoms with Crippen LogP contribution < -0.4 is 15.0 Å². The third-order valence-electron chi connectivity index (χ3n) is 6.73. The lowest BCUT2D eigenvalue weighted by molar-refractivity contribution is -0.136. The molecule has 0 aromatic carbocycles. The number of piperazine rings is 1. The Hall–Kier alpha value is -3.56. The third-order valence-corrected chi connectivity index (χ3v) is 7.60. The molecule has 2 aromatic heterocycles. The first-order valence-electron chi connectivity index (χ1n) is 12.6. The van der Waals surface area contributed by atoms with Crippen LogP contribution >= 0.6 is 0 Å². The first kappa shape index (κ1) is 27.5. The molecule has 1 saturated heterocycles. The molecule has 0 radical (unpaired) electrons. The first-order chi connectivity index (χ1) is 18.3. The summed E-state index contributed by atoms with van der Waals surface area (Å²) in [6, 6.07) is 5.44. The molecule has 2 aliphatic heterocycles. The SMILES string of the molecule is COc1nc2c(cc1CN1CCN(C)CC1=O)CCCN2C(=O)Nc1cc(CCCS(C)=O)c(C#N)cn1. The van der Waals surface area contributed by atoms with Gasteiger partial charge in [-0.3, -0.25) is 24.1 Å². The maximum absolute atomic E-state index is 13.3. The lowest BCUT2D eigenvalue weighted by atomic mass is 10.0. The molecule has 11 nitrogen and oxygen atoms in total. The number of rotatable bonds is 8. The third kappa shape index (κ3) is 6.46. The standard InChI is InChI=1S/C26H33N7O4S/c1-31-9-10-32(23(34)17-31)16-20-12-19-6-4-8-33(24(19)30-25(20)37-2)26(35)29-22-13-18(7-5-11-38(3)36)21(14-27)15-28-22/h12-13,15H,4-11,16-17H2,1-3H3,(H,28,29,35). The van der Waals surface area contributed by atoms with E-state index in [-0.39, 0.29) is 11.9 Å². The highest BCUT2D eigenvalue weighted by atomic mass is 32.2. The van der Waals surface area contributed by atoms with Crippen molar-refractivity contribution in [3.05, 3.63) is 40.6 Å². The van der Waals surface area contributed by atoms with E-state index in [9.17, 15) is 19.1 Å². The Bertz CT molecular complexity index is 1280. The molecule has 202 valence electrons. The number of fused-ring (bicyclic) bond motifs is 1. The number of methoxy groups -OCH3 is 1. The Morgan fingerprint density at radius 1 is 1.26 bits per heavy atom. The molecule has 3 amide bonds. The van der Waals surface area contributed by atoms with Crippen molar-refractivity contribution in [2.24, 2.45) is 0 Å². The largest absolute Gasteiger partial charge is 0.481 e. The number of likely N-dealkylation sites (N-methyl/N-ethyl adjacent to an activating group) is 1. The highest BCUT2D eigenvalue weighted by Gasteiger charge is 2.28. The van der Waals surface area contributed by atoms with Crippen LogP contribution in [0.4, 0.5) is 16.4 Å². The average molecular weight is 540 g/mol. The van der Waals surface area contributed by atoms with Gasteiger partial charge in [0.15, 0.2) is 0 Å². The number of aromatic nitrogens is 2. The van der Waals surface area contributed by atoms with Gasteiger partial charge < -0.3 is 9.64 Å². The second-order valence-electron chi connectivity index (χ2n) is 9.60. The summed E-state index contributed by atoms with van der Waals surface area (Å²) in [6.45, 7) is 2.73. The van der Waals surface area contributed by atoms with Crippen LogP contribution in [0.1, 0.15) is 35.1 Å². The number of pyridine rings is 2. The van der Waals surface area contributed by atoms with E-state index in [1.807, 2.05) is 22.9 Å². The van der Waals surface area contributed by atoms with Crippen molar-refractivity contribution in [3.8, 4) is 11.9 Å². The van der Waals surface area contributed by atoms with Gasteiger partial charge in [0.25, 0.3) is 0 Å². The molecule has 0 saturated carbocycles. The summed E-state index contributed by atoms with van der Waals surface area (Å²) in [6.07, 6.45) is 5.86. The van der Waals surface area contributed by atoms with Crippen molar-refractivity contribution in [2.45, 2.75) is 32.2 Å². The minimum Gasteiger partial charge on any atom is -0.481 e. The van der Waals surface area contributed by atoms with Crippen molar-refractivity contribution in [3.63, 3.8) is 0 Å². The van der Waals surface area contributed by atoms with E-state index in [0.29, 0.717) is 67.9 Å². The molecule has 0 spiro atoms. The topological polar surface area (TPSA) is 132 Å². The van der Waals surface area contributed by atoms with Crippen LogP contribution in [0.5, 0.6) is 5.88 Å². The number of aryl methyl sites for hydroxylation is 2. The van der Waals surface area contributed by atoms with E-state index in [0.717, 1.165) is 36.1 Å². The van der Waals surface area contributed by atoms with Crippen LogP contribution in [-0.4, -0.2) is 88.3 Å². The Morgan fingerprint density at radius 3 is 2.79 bits per heavy atom. The van der Waals surface area contributed by atoms with Crippen molar-refractivity contribution >= 4 is 34.4 Å². The van der Waals surface area contributed by atoms with Gasteiger partial charge in [0.1, 0.15) is 17.7 Å². The van der Waals surface area contributed by atoms with Crippen LogP contribution in [0.3, 0.4) is 0 Å². The number of nitrogens with one attached hydrogen (secondary N) is 1. The molecule has 1 unspecified atom stereocenters. The fourth-order valence-corrected chi connectivity index (χ4v) is 5.28. The van der Waals surface area contributed by atoms with Gasteiger partial charge in [-0.1, -0.05) is 0 Å². The first-order valence-corrected chi connectivity index (χ1v) is 14.3. The number of ether oxygens (including phenoxy) is 1. The predicted octanol–water partition coefficient (Wildman–Crippen LogP) is 1.93. The van der Waals surface area contributed by atoms with Gasteiger partial charge >= 0.3 is 6.03 Å². The minimum absolute atomic E-state index is 0.0665. The normalized spacial score (nSPS) is 16.5. The summed E-state index contributed by atoms with van der Waals surface area (Å²) in [5.74, 6) is 1.86. The molecule has 4 rings (SSSR count). The van der Waals surface area contributed by atoms with Crippen molar-refractivity contribution in [1.29, 1.82) is 5.26 Å². The molecule has 0 aliphatic carbocycles. The van der Waals surface area contributed by atoms with E-state index in [1.54, 1.807) is 17.2 Å². The summed E-state index contributed by atoms with van der Waals surface area (Å²) < 4.78 is 17.0. The number of hydrogen-bond acceptors (Lipinski definition) is 8. The maximum atomic E-state index is 13.3. The molecule has 2 aliphatic rings. The van der Waals surface area contributed by atoms with Crippen LogP contribution in [-0.2, 0) is 35.0 Å². The van der Waals surface area contributed by atoms with E-state index in [2.05, 4.69) is 21.4 Å². The Labute approximate surface area is 225 Å². The highest BCUT2D eigenvalue weighted by molar-refractivity contribution is 7.84.